The van der Waals surface area contributed by atoms with Gasteiger partial charge in [-0.25, -0.2) is 0 Å². The van der Waals surface area contributed by atoms with Crippen molar-refractivity contribution in [3.63, 3.8) is 0 Å². The van der Waals surface area contributed by atoms with Gasteiger partial charge >= 0.3 is 0 Å². The van der Waals surface area contributed by atoms with E-state index in [0.717, 1.165) is 39.7 Å². The molecule has 5 heteroatoms. The first-order chi connectivity index (χ1) is 14.1. The largest absolute Gasteiger partial charge is 0.497 e. The molecule has 3 rings (SSSR count). The van der Waals surface area contributed by atoms with Crippen molar-refractivity contribution in [2.45, 2.75) is 18.1 Å². The van der Waals surface area contributed by atoms with E-state index < -0.39 is 0 Å². The molecule has 0 N–H and O–H groups in total. The van der Waals surface area contributed by atoms with Crippen molar-refractivity contribution in [3.05, 3.63) is 87.5 Å². The summed E-state index contributed by atoms with van der Waals surface area (Å²) in [6.07, 6.45) is 5.20. The van der Waals surface area contributed by atoms with Crippen LogP contribution in [-0.4, -0.2) is 20.0 Å². The van der Waals surface area contributed by atoms with Gasteiger partial charge in [0.1, 0.15) is 11.5 Å². The number of benzene rings is 2. The Kier molecular flexibility index (Phi) is 7.67. The van der Waals surface area contributed by atoms with Gasteiger partial charge in [0.15, 0.2) is 5.78 Å². The second-order valence-electron chi connectivity index (χ2n) is 6.44. The van der Waals surface area contributed by atoms with Crippen LogP contribution in [0.15, 0.2) is 76.4 Å². The summed E-state index contributed by atoms with van der Waals surface area (Å²) in [5.41, 5.74) is 3.09. The molecule has 0 spiro atoms. The second-order valence-corrected chi connectivity index (χ2v) is 8.89. The minimum atomic E-state index is 0.0610. The molecule has 150 valence electrons. The highest BCUT2D eigenvalue weighted by atomic mass is 32.2. The molecule has 0 aliphatic carbocycles. The van der Waals surface area contributed by atoms with E-state index in [1.165, 1.54) is 17.3 Å². The average Bonchev–Trinajstić information content (AvgIpc) is 2.78. The highest BCUT2D eigenvalue weighted by Gasteiger charge is 2.25. The third kappa shape index (κ3) is 5.58. The van der Waals surface area contributed by atoms with Gasteiger partial charge in [-0.15, -0.1) is 11.8 Å². The lowest BCUT2D eigenvalue weighted by Crippen LogP contribution is -2.09. The van der Waals surface area contributed by atoms with Crippen LogP contribution in [0.3, 0.4) is 0 Å². The molecule has 0 radical (unpaired) electrons. The summed E-state index contributed by atoms with van der Waals surface area (Å²) in [7, 11) is 3.31. The first-order valence-corrected chi connectivity index (χ1v) is 11.1. The maximum atomic E-state index is 12.9. The minimum absolute atomic E-state index is 0.0610. The quantitative estimate of drug-likeness (QED) is 0.444. The zero-order valence-corrected chi connectivity index (χ0v) is 18.2. The molecular formula is C24H24O3S2. The van der Waals surface area contributed by atoms with Crippen LogP contribution >= 0.6 is 23.5 Å². The monoisotopic (exact) mass is 424 g/mol. The van der Waals surface area contributed by atoms with E-state index in [1.807, 2.05) is 42.5 Å². The van der Waals surface area contributed by atoms with E-state index >= 15 is 0 Å². The number of methoxy groups -OCH3 is 2. The van der Waals surface area contributed by atoms with Crippen molar-refractivity contribution in [2.75, 3.05) is 14.2 Å². The fraction of sp³-hybridized carbons (Fsp3) is 0.208. The molecule has 0 fully saturated rings. The zero-order valence-electron chi connectivity index (χ0n) is 16.6. The van der Waals surface area contributed by atoms with Gasteiger partial charge in [-0.1, -0.05) is 48.7 Å². The molecule has 29 heavy (non-hydrogen) atoms. The van der Waals surface area contributed by atoms with Crippen LogP contribution < -0.4 is 9.47 Å². The van der Waals surface area contributed by atoms with Gasteiger partial charge in [-0.2, -0.15) is 0 Å². The molecule has 0 bridgehead atoms. The number of hydrogen-bond acceptors (Lipinski definition) is 5. The maximum Gasteiger partial charge on any atom is 0.183 e. The Morgan fingerprint density at radius 2 is 1.69 bits per heavy atom. The van der Waals surface area contributed by atoms with Gasteiger partial charge in [0.25, 0.3) is 0 Å². The molecule has 1 aliphatic rings. The number of ether oxygens (including phenoxy) is 2. The summed E-state index contributed by atoms with van der Waals surface area (Å²) in [6.45, 7) is 3.84. The number of hydrogen-bond donors (Lipinski definition) is 0. The summed E-state index contributed by atoms with van der Waals surface area (Å²) in [5, 5.41) is 2.12. The van der Waals surface area contributed by atoms with Crippen LogP contribution in [0.25, 0.3) is 6.08 Å². The van der Waals surface area contributed by atoms with Crippen LogP contribution in [0, 0.1) is 0 Å². The lowest BCUT2D eigenvalue weighted by atomic mass is 10.0. The fourth-order valence-corrected chi connectivity index (χ4v) is 5.48. The average molecular weight is 425 g/mol. The molecule has 1 heterocycles. The van der Waals surface area contributed by atoms with Crippen molar-refractivity contribution >= 4 is 35.4 Å². The topological polar surface area (TPSA) is 35.5 Å². The molecule has 1 atom stereocenters. The molecule has 0 saturated carbocycles. The number of carbonyl (C=O) groups is 1. The van der Waals surface area contributed by atoms with E-state index in [1.54, 1.807) is 37.5 Å². The summed E-state index contributed by atoms with van der Waals surface area (Å²) >= 11 is 3.28. The van der Waals surface area contributed by atoms with Gasteiger partial charge < -0.3 is 9.47 Å². The van der Waals surface area contributed by atoms with Crippen LogP contribution in [0.2, 0.25) is 0 Å². The highest BCUT2D eigenvalue weighted by molar-refractivity contribution is 8.23. The number of thioether (sulfide) groups is 2. The predicted octanol–water partition coefficient (Wildman–Crippen LogP) is 6.64. The van der Waals surface area contributed by atoms with Gasteiger partial charge in [0.2, 0.25) is 0 Å². The van der Waals surface area contributed by atoms with E-state index in [0.29, 0.717) is 5.25 Å². The van der Waals surface area contributed by atoms with E-state index in [4.69, 9.17) is 9.47 Å². The van der Waals surface area contributed by atoms with E-state index in [2.05, 4.69) is 18.7 Å². The SMILES string of the molecule is C=CSC1=C(C(=O)/C=C/c2ccc(OC)cc2)CCC(c2ccc(OC)cc2)S1. The lowest BCUT2D eigenvalue weighted by Gasteiger charge is -2.25. The Bertz CT molecular complexity index is 912. The zero-order chi connectivity index (χ0) is 20.6. The summed E-state index contributed by atoms with van der Waals surface area (Å²) in [4.78, 5) is 12.9. The number of rotatable bonds is 8. The summed E-state index contributed by atoms with van der Waals surface area (Å²) in [6, 6.07) is 15.8. The first kappa shape index (κ1) is 21.3. The van der Waals surface area contributed by atoms with Gasteiger partial charge in [0.05, 0.1) is 18.5 Å². The molecule has 0 saturated heterocycles. The van der Waals surface area contributed by atoms with Crippen LogP contribution in [0.5, 0.6) is 11.5 Å². The minimum Gasteiger partial charge on any atom is -0.497 e. The summed E-state index contributed by atoms with van der Waals surface area (Å²) < 4.78 is 11.5. The fourth-order valence-electron chi connectivity index (χ4n) is 3.08. The molecule has 1 unspecified atom stereocenters. The van der Waals surface area contributed by atoms with Crippen molar-refractivity contribution in [2.24, 2.45) is 0 Å². The number of allylic oxidation sites excluding steroid dienone is 2. The molecule has 0 aromatic heterocycles. The Balaban J connectivity index is 1.75. The third-order valence-electron chi connectivity index (χ3n) is 4.67. The predicted molar refractivity (Wildman–Crippen MR) is 124 cm³/mol. The molecule has 0 amide bonds. The Hall–Kier alpha value is -2.37. The smallest absolute Gasteiger partial charge is 0.183 e. The van der Waals surface area contributed by atoms with E-state index in [-0.39, 0.29) is 5.78 Å². The van der Waals surface area contributed by atoms with Crippen molar-refractivity contribution in [1.82, 2.24) is 0 Å². The second kappa shape index (κ2) is 10.4. The lowest BCUT2D eigenvalue weighted by molar-refractivity contribution is -0.111. The Labute approximate surface area is 180 Å². The van der Waals surface area contributed by atoms with Gasteiger partial charge in [-0.3, -0.25) is 4.79 Å². The molecule has 1 aliphatic heterocycles. The molecule has 3 nitrogen and oxygen atoms in total. The van der Waals surface area contributed by atoms with Gasteiger partial charge in [-0.05, 0) is 59.7 Å². The highest BCUT2D eigenvalue weighted by Crippen LogP contribution is 2.50. The number of ketones is 1. The van der Waals surface area contributed by atoms with Crippen molar-refractivity contribution in [1.29, 1.82) is 0 Å². The maximum absolute atomic E-state index is 12.9. The Morgan fingerprint density at radius 3 is 2.28 bits per heavy atom. The Morgan fingerprint density at radius 1 is 1.07 bits per heavy atom. The van der Waals surface area contributed by atoms with Crippen LogP contribution in [0.4, 0.5) is 0 Å². The molecule has 2 aromatic rings. The van der Waals surface area contributed by atoms with Crippen LogP contribution in [-0.2, 0) is 4.79 Å². The first-order valence-electron chi connectivity index (χ1n) is 9.32. The van der Waals surface area contributed by atoms with Crippen molar-refractivity contribution in [3.8, 4) is 11.5 Å². The normalized spacial score (nSPS) is 16.7. The summed E-state index contributed by atoms with van der Waals surface area (Å²) in [5.74, 6) is 1.71. The molecular weight excluding hydrogens is 400 g/mol. The molecule has 2 aromatic carbocycles. The standard InChI is InChI=1S/C24H24O3S2/c1-4-28-24-21(22(25)15-7-17-5-10-19(26-2)11-6-17)14-16-23(29-24)18-8-12-20(27-3)13-9-18/h4-13,15,23H,1,14,16H2,2-3H3/b15-7+. The van der Waals surface area contributed by atoms with Gasteiger partial charge in [0, 0.05) is 10.8 Å². The number of carbonyl (C=O) groups excluding carboxylic acids is 1. The third-order valence-corrected chi connectivity index (χ3v) is 7.13. The van der Waals surface area contributed by atoms with E-state index in [9.17, 15) is 4.79 Å². The van der Waals surface area contributed by atoms with Crippen LogP contribution in [0.1, 0.15) is 29.2 Å². The van der Waals surface area contributed by atoms with Crippen molar-refractivity contribution < 1.29 is 14.3 Å².